The zero-order chi connectivity index (χ0) is 22.4. The normalized spacial score (nSPS) is 14.8. The number of imidazole rings is 1. The van der Waals surface area contributed by atoms with E-state index in [4.69, 9.17) is 9.97 Å². The fourth-order valence-corrected chi connectivity index (χ4v) is 4.76. The molecular weight excluding hydrogens is 416 g/mol. The average molecular weight is 438 g/mol. The molecule has 6 rings (SSSR count). The first kappa shape index (κ1) is 19.6. The molecule has 0 bridgehead atoms. The van der Waals surface area contributed by atoms with Crippen molar-refractivity contribution in [2.75, 3.05) is 13.1 Å². The smallest absolute Gasteiger partial charge is 0.317 e. The van der Waals surface area contributed by atoms with Crippen LogP contribution < -0.4 is 16.6 Å². The number of aromatic nitrogens is 5. The molecule has 1 aliphatic rings. The first-order valence-corrected chi connectivity index (χ1v) is 11.1. The number of hydrogen-bond donors (Lipinski definition) is 3. The molecule has 0 saturated carbocycles. The van der Waals surface area contributed by atoms with Gasteiger partial charge in [0.25, 0.3) is 5.56 Å². The lowest BCUT2D eigenvalue weighted by Crippen LogP contribution is -2.30. The number of rotatable bonds is 3. The molecule has 2 aromatic carbocycles. The zero-order valence-electron chi connectivity index (χ0n) is 17.8. The number of hydrogen-bond acceptors (Lipinski definition) is 5. The van der Waals surface area contributed by atoms with Crippen LogP contribution in [0.15, 0.2) is 70.5 Å². The highest BCUT2D eigenvalue weighted by atomic mass is 16.2. The van der Waals surface area contributed by atoms with Gasteiger partial charge in [-0.1, -0.05) is 36.4 Å². The van der Waals surface area contributed by atoms with Crippen molar-refractivity contribution >= 4 is 21.9 Å². The van der Waals surface area contributed by atoms with Gasteiger partial charge < -0.3 is 14.9 Å². The topological polar surface area (TPSA) is 108 Å². The molecule has 0 atom stereocenters. The molecule has 1 saturated heterocycles. The number of fused-ring (bicyclic) bond motifs is 2. The molecule has 0 aliphatic carbocycles. The lowest BCUT2D eigenvalue weighted by Gasteiger charge is -2.25. The Morgan fingerprint density at radius 2 is 1.76 bits per heavy atom. The summed E-state index contributed by atoms with van der Waals surface area (Å²) in [4.78, 5) is 38.9. The molecule has 0 amide bonds. The molecular formula is C25H22N6O2. The maximum atomic E-state index is 12.7. The van der Waals surface area contributed by atoms with Crippen molar-refractivity contribution in [1.29, 1.82) is 0 Å². The molecule has 0 unspecified atom stereocenters. The third-order valence-corrected chi connectivity index (χ3v) is 6.37. The van der Waals surface area contributed by atoms with E-state index in [2.05, 4.69) is 50.2 Å². The Balaban J connectivity index is 1.62. The quantitative estimate of drug-likeness (QED) is 0.401. The van der Waals surface area contributed by atoms with E-state index in [1.54, 1.807) is 6.20 Å². The Kier molecular flexibility index (Phi) is 4.66. The molecule has 5 aromatic rings. The maximum absolute atomic E-state index is 12.7. The first-order chi connectivity index (χ1) is 16.2. The van der Waals surface area contributed by atoms with Crippen LogP contribution in [0, 0.1) is 0 Å². The highest BCUT2D eigenvalue weighted by Gasteiger charge is 2.25. The summed E-state index contributed by atoms with van der Waals surface area (Å²) in [5.41, 5.74) is 2.81. The molecule has 8 heteroatoms. The molecule has 1 fully saturated rings. The fourth-order valence-electron chi connectivity index (χ4n) is 4.76. The fraction of sp³-hybridized carbons (Fsp3) is 0.200. The van der Waals surface area contributed by atoms with Gasteiger partial charge in [-0.05, 0) is 54.4 Å². The summed E-state index contributed by atoms with van der Waals surface area (Å²) in [6, 6.07) is 16.7. The van der Waals surface area contributed by atoms with E-state index in [9.17, 15) is 9.59 Å². The number of nitrogens with zero attached hydrogens (tertiary/aromatic N) is 3. The Morgan fingerprint density at radius 3 is 2.58 bits per heavy atom. The number of H-pyrrole nitrogens is 2. The van der Waals surface area contributed by atoms with Crippen molar-refractivity contribution in [1.82, 2.24) is 29.8 Å². The number of nitrogens with one attached hydrogen (secondary N) is 3. The Hall–Kier alpha value is -4.04. The third kappa shape index (κ3) is 3.35. The zero-order valence-corrected chi connectivity index (χ0v) is 17.8. The summed E-state index contributed by atoms with van der Waals surface area (Å²) in [6.45, 7) is 1.77. The summed E-state index contributed by atoms with van der Waals surface area (Å²) in [5, 5.41) is 5.71. The van der Waals surface area contributed by atoms with E-state index in [0.29, 0.717) is 11.4 Å². The monoisotopic (exact) mass is 438 g/mol. The van der Waals surface area contributed by atoms with Crippen molar-refractivity contribution in [3.8, 4) is 22.5 Å². The number of aromatic amines is 2. The second-order valence-electron chi connectivity index (χ2n) is 8.36. The van der Waals surface area contributed by atoms with Gasteiger partial charge in [0.05, 0.1) is 5.56 Å². The molecule has 164 valence electrons. The van der Waals surface area contributed by atoms with Crippen LogP contribution in [0.25, 0.3) is 44.5 Å². The van der Waals surface area contributed by atoms with E-state index >= 15 is 0 Å². The van der Waals surface area contributed by atoms with Gasteiger partial charge in [-0.3, -0.25) is 9.78 Å². The molecule has 0 radical (unpaired) electrons. The van der Waals surface area contributed by atoms with Crippen LogP contribution in [0.5, 0.6) is 0 Å². The maximum Gasteiger partial charge on any atom is 0.325 e. The minimum Gasteiger partial charge on any atom is -0.317 e. The minimum absolute atomic E-state index is 0.150. The molecule has 3 aromatic heterocycles. The van der Waals surface area contributed by atoms with Gasteiger partial charge in [0.1, 0.15) is 11.3 Å². The Bertz CT molecular complexity index is 1610. The largest absolute Gasteiger partial charge is 0.325 e. The number of benzene rings is 2. The van der Waals surface area contributed by atoms with Gasteiger partial charge >= 0.3 is 5.69 Å². The van der Waals surface area contributed by atoms with Crippen molar-refractivity contribution in [3.05, 3.63) is 81.8 Å². The average Bonchev–Trinajstić information content (AvgIpc) is 3.23. The van der Waals surface area contributed by atoms with Crippen LogP contribution in [0.3, 0.4) is 0 Å². The van der Waals surface area contributed by atoms with Crippen LogP contribution in [0.1, 0.15) is 18.9 Å². The molecule has 4 heterocycles. The lowest BCUT2D eigenvalue weighted by molar-refractivity contribution is 0.376. The predicted molar refractivity (Wildman–Crippen MR) is 128 cm³/mol. The van der Waals surface area contributed by atoms with Crippen LogP contribution >= 0.6 is 0 Å². The second-order valence-corrected chi connectivity index (χ2v) is 8.36. The van der Waals surface area contributed by atoms with Crippen LogP contribution in [0.4, 0.5) is 0 Å². The van der Waals surface area contributed by atoms with E-state index in [1.165, 1.54) is 11.6 Å². The van der Waals surface area contributed by atoms with E-state index in [-0.39, 0.29) is 6.04 Å². The van der Waals surface area contributed by atoms with Gasteiger partial charge in [-0.2, -0.15) is 0 Å². The highest BCUT2D eigenvalue weighted by Crippen LogP contribution is 2.35. The summed E-state index contributed by atoms with van der Waals surface area (Å²) < 4.78 is 2.07. The predicted octanol–water partition coefficient (Wildman–Crippen LogP) is 3.22. The molecule has 0 spiro atoms. The minimum atomic E-state index is -0.539. The van der Waals surface area contributed by atoms with Crippen molar-refractivity contribution in [2.45, 2.75) is 18.9 Å². The Morgan fingerprint density at radius 1 is 0.939 bits per heavy atom. The summed E-state index contributed by atoms with van der Waals surface area (Å²) >= 11 is 0. The highest BCUT2D eigenvalue weighted by molar-refractivity contribution is 5.95. The van der Waals surface area contributed by atoms with Crippen molar-refractivity contribution < 1.29 is 0 Å². The molecule has 3 N–H and O–H groups in total. The van der Waals surface area contributed by atoms with Gasteiger partial charge in [0.2, 0.25) is 0 Å². The van der Waals surface area contributed by atoms with E-state index in [0.717, 1.165) is 53.6 Å². The summed E-state index contributed by atoms with van der Waals surface area (Å²) in [5.74, 6) is 0.523. The molecule has 1 aliphatic heterocycles. The SMILES string of the molecule is O=c1[nH]cc(-c2nc3c(-c4ccc5ccccc5c4)ccnc3n2C2CCNCC2)c(=O)[nH]1. The molecule has 33 heavy (non-hydrogen) atoms. The standard InChI is InChI=1S/C25H22N6O2/c32-24-20(14-28-25(33)30-24)22-29-21-19(17-6-5-15-3-1-2-4-16(15)13-17)9-12-27-23(21)31(22)18-7-10-26-11-8-18/h1-6,9,12-14,18,26H,7-8,10-11H2,(H2,28,30,32,33). The van der Waals surface area contributed by atoms with E-state index < -0.39 is 11.2 Å². The van der Waals surface area contributed by atoms with Gasteiger partial charge in [0, 0.05) is 24.0 Å². The Labute approximate surface area is 188 Å². The van der Waals surface area contributed by atoms with Gasteiger partial charge in [-0.15, -0.1) is 0 Å². The number of piperidine rings is 1. The first-order valence-electron chi connectivity index (χ1n) is 11.1. The van der Waals surface area contributed by atoms with E-state index in [1.807, 2.05) is 18.2 Å². The summed E-state index contributed by atoms with van der Waals surface area (Å²) in [6.07, 6.45) is 5.05. The van der Waals surface area contributed by atoms with Gasteiger partial charge in [-0.25, -0.2) is 14.8 Å². The van der Waals surface area contributed by atoms with Crippen LogP contribution in [-0.4, -0.2) is 37.6 Å². The molecule has 8 nitrogen and oxygen atoms in total. The van der Waals surface area contributed by atoms with Crippen LogP contribution in [0.2, 0.25) is 0 Å². The van der Waals surface area contributed by atoms with Gasteiger partial charge in [0.15, 0.2) is 5.65 Å². The summed E-state index contributed by atoms with van der Waals surface area (Å²) in [7, 11) is 0. The van der Waals surface area contributed by atoms with Crippen molar-refractivity contribution in [2.24, 2.45) is 0 Å². The second kappa shape index (κ2) is 7.83. The lowest BCUT2D eigenvalue weighted by atomic mass is 10.0. The number of pyridine rings is 1. The van der Waals surface area contributed by atoms with Crippen LogP contribution in [-0.2, 0) is 0 Å². The van der Waals surface area contributed by atoms with Crippen molar-refractivity contribution in [3.63, 3.8) is 0 Å². The third-order valence-electron chi connectivity index (χ3n) is 6.37.